The first-order chi connectivity index (χ1) is 12.3. The van der Waals surface area contributed by atoms with Crippen LogP contribution >= 0.6 is 0 Å². The lowest BCUT2D eigenvalue weighted by molar-refractivity contribution is 0.317. The van der Waals surface area contributed by atoms with E-state index in [2.05, 4.69) is 29.2 Å². The lowest BCUT2D eigenvalue weighted by Gasteiger charge is -2.05. The molecule has 0 saturated heterocycles. The van der Waals surface area contributed by atoms with Crippen LogP contribution in [0.3, 0.4) is 0 Å². The summed E-state index contributed by atoms with van der Waals surface area (Å²) < 4.78 is 11.0. The van der Waals surface area contributed by atoms with E-state index in [0.29, 0.717) is 24.7 Å². The van der Waals surface area contributed by atoms with Gasteiger partial charge in [0, 0.05) is 18.5 Å². The second-order valence-corrected chi connectivity index (χ2v) is 5.91. The number of rotatable bonds is 8. The predicted molar refractivity (Wildman–Crippen MR) is 97.3 cm³/mol. The number of hydrogen-bond donors (Lipinski definition) is 1. The maximum absolute atomic E-state index is 5.61. The van der Waals surface area contributed by atoms with Crippen molar-refractivity contribution >= 4 is 0 Å². The van der Waals surface area contributed by atoms with Crippen LogP contribution in [0.15, 0.2) is 53.1 Å². The quantitative estimate of drug-likeness (QED) is 0.677. The first kappa shape index (κ1) is 17.2. The van der Waals surface area contributed by atoms with E-state index in [1.165, 1.54) is 5.56 Å². The first-order valence-corrected chi connectivity index (χ1v) is 8.62. The minimum atomic E-state index is 0.528. The molecule has 0 amide bonds. The highest BCUT2D eigenvalue weighted by Crippen LogP contribution is 2.18. The van der Waals surface area contributed by atoms with Crippen LogP contribution in [-0.2, 0) is 19.4 Å². The monoisotopic (exact) mass is 337 g/mol. The van der Waals surface area contributed by atoms with Crippen molar-refractivity contribution in [2.45, 2.75) is 32.7 Å². The van der Waals surface area contributed by atoms with Crippen molar-refractivity contribution in [2.24, 2.45) is 5.73 Å². The van der Waals surface area contributed by atoms with Crippen LogP contribution in [0.2, 0.25) is 0 Å². The molecule has 1 aromatic heterocycles. The van der Waals surface area contributed by atoms with Gasteiger partial charge in [0.15, 0.2) is 0 Å². The molecule has 1 heterocycles. The van der Waals surface area contributed by atoms with Gasteiger partial charge in [-0.2, -0.15) is 4.98 Å². The Labute approximate surface area is 147 Å². The fraction of sp³-hybridized carbons (Fsp3) is 0.300. The lowest BCUT2D eigenvalue weighted by Crippen LogP contribution is -1.96. The van der Waals surface area contributed by atoms with E-state index < -0.39 is 0 Å². The lowest BCUT2D eigenvalue weighted by atomic mass is 10.1. The molecule has 0 unspecified atom stereocenters. The Morgan fingerprint density at radius 3 is 2.36 bits per heavy atom. The molecule has 2 N–H and O–H groups in total. The molecule has 5 nitrogen and oxygen atoms in total. The molecule has 25 heavy (non-hydrogen) atoms. The largest absolute Gasteiger partial charge is 0.494 e. The van der Waals surface area contributed by atoms with Crippen LogP contribution in [0.4, 0.5) is 0 Å². The second-order valence-electron chi connectivity index (χ2n) is 5.91. The van der Waals surface area contributed by atoms with Crippen molar-refractivity contribution < 1.29 is 9.26 Å². The predicted octanol–water partition coefficient (Wildman–Crippen LogP) is 3.77. The van der Waals surface area contributed by atoms with Gasteiger partial charge < -0.3 is 15.0 Å². The van der Waals surface area contributed by atoms with Gasteiger partial charge in [-0.05, 0) is 36.1 Å². The van der Waals surface area contributed by atoms with Gasteiger partial charge in [-0.25, -0.2) is 0 Å². The van der Waals surface area contributed by atoms with Crippen LogP contribution in [0.1, 0.15) is 30.4 Å². The van der Waals surface area contributed by atoms with E-state index in [4.69, 9.17) is 15.0 Å². The van der Waals surface area contributed by atoms with Crippen LogP contribution in [0.25, 0.3) is 11.4 Å². The zero-order chi connectivity index (χ0) is 17.5. The van der Waals surface area contributed by atoms with E-state index in [-0.39, 0.29) is 0 Å². The third kappa shape index (κ3) is 4.67. The molecule has 0 bridgehead atoms. The highest BCUT2D eigenvalue weighted by atomic mass is 16.5. The van der Waals surface area contributed by atoms with Gasteiger partial charge >= 0.3 is 0 Å². The molecule has 0 fully saturated rings. The van der Waals surface area contributed by atoms with Crippen molar-refractivity contribution in [1.82, 2.24) is 10.1 Å². The fourth-order valence-corrected chi connectivity index (χ4v) is 2.49. The SMILES string of the molecule is CCCOc1ccc(CCc2nc(-c3ccc(CN)cc3)no2)cc1. The smallest absolute Gasteiger partial charge is 0.227 e. The molecule has 0 aliphatic rings. The summed E-state index contributed by atoms with van der Waals surface area (Å²) in [6, 6.07) is 16.0. The Balaban J connectivity index is 1.57. The third-order valence-corrected chi connectivity index (χ3v) is 3.94. The second kappa shape index (κ2) is 8.44. The zero-order valence-electron chi connectivity index (χ0n) is 14.4. The Kier molecular flexibility index (Phi) is 5.80. The number of nitrogens with two attached hydrogens (primary N) is 1. The molecule has 3 aromatic rings. The van der Waals surface area contributed by atoms with E-state index in [9.17, 15) is 0 Å². The van der Waals surface area contributed by atoms with E-state index in [1.54, 1.807) is 0 Å². The Bertz CT molecular complexity index is 779. The number of aromatic nitrogens is 2. The average molecular weight is 337 g/mol. The zero-order valence-corrected chi connectivity index (χ0v) is 14.4. The van der Waals surface area contributed by atoms with Gasteiger partial charge in [-0.1, -0.05) is 48.5 Å². The minimum Gasteiger partial charge on any atom is -0.494 e. The summed E-state index contributed by atoms with van der Waals surface area (Å²) >= 11 is 0. The molecule has 5 heteroatoms. The summed E-state index contributed by atoms with van der Waals surface area (Å²) in [7, 11) is 0. The summed E-state index contributed by atoms with van der Waals surface area (Å²) in [6.07, 6.45) is 2.57. The van der Waals surface area contributed by atoms with Gasteiger partial charge in [-0.3, -0.25) is 0 Å². The highest BCUT2D eigenvalue weighted by molar-refractivity contribution is 5.54. The number of hydrogen-bond acceptors (Lipinski definition) is 5. The molecule has 0 atom stereocenters. The van der Waals surface area contributed by atoms with Gasteiger partial charge in [0.1, 0.15) is 5.75 Å². The summed E-state index contributed by atoms with van der Waals surface area (Å²) in [6.45, 7) is 3.37. The van der Waals surface area contributed by atoms with Crippen LogP contribution < -0.4 is 10.5 Å². The summed E-state index contributed by atoms with van der Waals surface area (Å²) in [5, 5.41) is 4.06. The summed E-state index contributed by atoms with van der Waals surface area (Å²) in [5.41, 5.74) is 8.85. The van der Waals surface area contributed by atoms with E-state index in [1.807, 2.05) is 36.4 Å². The van der Waals surface area contributed by atoms with E-state index >= 15 is 0 Å². The molecular weight excluding hydrogens is 314 g/mol. The van der Waals surface area contributed by atoms with Crippen LogP contribution in [0, 0.1) is 0 Å². The average Bonchev–Trinajstić information content (AvgIpc) is 3.14. The molecule has 130 valence electrons. The molecule has 0 aliphatic heterocycles. The topological polar surface area (TPSA) is 74.2 Å². The van der Waals surface area contributed by atoms with Crippen molar-refractivity contribution in [3.63, 3.8) is 0 Å². The number of ether oxygens (including phenoxy) is 1. The van der Waals surface area contributed by atoms with Gasteiger partial charge in [0.2, 0.25) is 11.7 Å². The van der Waals surface area contributed by atoms with Crippen molar-refractivity contribution in [2.75, 3.05) is 6.61 Å². The molecular formula is C20H23N3O2. The first-order valence-electron chi connectivity index (χ1n) is 8.62. The maximum Gasteiger partial charge on any atom is 0.227 e. The van der Waals surface area contributed by atoms with Gasteiger partial charge in [-0.15, -0.1) is 0 Å². The third-order valence-electron chi connectivity index (χ3n) is 3.94. The van der Waals surface area contributed by atoms with Crippen molar-refractivity contribution in [1.29, 1.82) is 0 Å². The summed E-state index contributed by atoms with van der Waals surface area (Å²) in [4.78, 5) is 4.48. The summed E-state index contributed by atoms with van der Waals surface area (Å²) in [5.74, 6) is 2.16. The van der Waals surface area contributed by atoms with Crippen LogP contribution in [-0.4, -0.2) is 16.7 Å². The van der Waals surface area contributed by atoms with Gasteiger partial charge in [0.25, 0.3) is 0 Å². The Morgan fingerprint density at radius 2 is 1.68 bits per heavy atom. The standard InChI is InChI=1S/C20H23N3O2/c1-2-13-24-18-10-5-15(6-11-18)7-12-19-22-20(23-25-19)17-8-3-16(14-21)4-9-17/h3-6,8-11H,2,7,12-14,21H2,1H3. The van der Waals surface area contributed by atoms with Crippen LogP contribution in [0.5, 0.6) is 5.75 Å². The number of nitrogens with zero attached hydrogens (tertiary/aromatic N) is 2. The normalized spacial score (nSPS) is 10.8. The minimum absolute atomic E-state index is 0.528. The molecule has 0 saturated carbocycles. The van der Waals surface area contributed by atoms with Gasteiger partial charge in [0.05, 0.1) is 6.61 Å². The number of aryl methyl sites for hydroxylation is 2. The van der Waals surface area contributed by atoms with Crippen molar-refractivity contribution in [3.05, 3.63) is 65.5 Å². The van der Waals surface area contributed by atoms with Crippen molar-refractivity contribution in [3.8, 4) is 17.1 Å². The Morgan fingerprint density at radius 1 is 0.960 bits per heavy atom. The maximum atomic E-state index is 5.61. The molecule has 0 spiro atoms. The molecule has 0 radical (unpaired) electrons. The Hall–Kier alpha value is -2.66. The highest BCUT2D eigenvalue weighted by Gasteiger charge is 2.09. The fourth-order valence-electron chi connectivity index (χ4n) is 2.49. The molecule has 2 aromatic carbocycles. The van der Waals surface area contributed by atoms with E-state index in [0.717, 1.165) is 36.3 Å². The number of benzene rings is 2. The molecule has 3 rings (SSSR count). The molecule has 0 aliphatic carbocycles.